The summed E-state index contributed by atoms with van der Waals surface area (Å²) in [6.07, 6.45) is 9.69. The molecule has 8 heteroatoms. The number of likely N-dealkylation sites (tertiary alicyclic amines) is 2. The zero-order valence-electron chi connectivity index (χ0n) is 31.6. The normalized spacial score (nSPS) is 44.4. The van der Waals surface area contributed by atoms with Crippen LogP contribution in [0.5, 0.6) is 0 Å². The van der Waals surface area contributed by atoms with Gasteiger partial charge in [-0.15, -0.1) is 0 Å². The lowest BCUT2D eigenvalue weighted by molar-refractivity contribution is -0.232. The number of alkyl halides is 2. The minimum atomic E-state index is -2.65. The number of hydrogen-bond donors (Lipinski definition) is 0. The van der Waals surface area contributed by atoms with Crippen LogP contribution in [0.2, 0.25) is 0 Å². The minimum absolute atomic E-state index is 0.0454. The molecule has 9 atom stereocenters. The standard InChI is InChI=1S/C41H62F2N2O4/c1-25(2)33-29(47)22-40(35(48)45-20-9-10-27(45)23-44-21-19-41(42,43)24-44)18-17-38(7)28(34(33)40)11-12-31-37(6)15-14-32(49-26(3)46)36(4,5)30(37)13-16-39(31,38)8/h25,27-28,30-32H,9-24H2,1-8H3/t27-,28+,30-,31-,32-,37-,38+,39+,40+/m0/s1. The van der Waals surface area contributed by atoms with E-state index in [1.54, 1.807) is 0 Å². The van der Waals surface area contributed by atoms with Crippen molar-refractivity contribution in [1.29, 1.82) is 0 Å². The zero-order chi connectivity index (χ0) is 35.5. The number of amides is 1. The lowest BCUT2D eigenvalue weighted by atomic mass is 9.33. The SMILES string of the molecule is CC(=O)O[C@H]1CC[C@@]2(C)[C@@H](CC[C@]3(C)[C@H]2CC[C@@H]2C4=C(C(C)C)C(=O)C[C@]4(C(=O)N4CCC[C@H]4CN4CCC(F)(F)C4)CC[C@]23C)C1(C)C. The second-order valence-electron chi connectivity index (χ2n) is 19.4. The second-order valence-corrected chi connectivity index (χ2v) is 19.4. The maximum atomic E-state index is 15.1. The van der Waals surface area contributed by atoms with E-state index < -0.39 is 11.3 Å². The van der Waals surface area contributed by atoms with Crippen LogP contribution in [-0.2, 0) is 19.1 Å². The fourth-order valence-corrected chi connectivity index (χ4v) is 14.1. The molecule has 2 heterocycles. The summed E-state index contributed by atoms with van der Waals surface area (Å²) in [5, 5.41) is 0. The number of carbonyl (C=O) groups is 3. The van der Waals surface area contributed by atoms with E-state index in [1.807, 2.05) is 9.80 Å². The summed E-state index contributed by atoms with van der Waals surface area (Å²) < 4.78 is 34.2. The third-order valence-corrected chi connectivity index (χ3v) is 16.4. The topological polar surface area (TPSA) is 66.9 Å². The smallest absolute Gasteiger partial charge is 0.302 e. The molecule has 0 bridgehead atoms. The Morgan fingerprint density at radius 2 is 1.61 bits per heavy atom. The van der Waals surface area contributed by atoms with E-state index in [2.05, 4.69) is 48.5 Å². The van der Waals surface area contributed by atoms with Crippen LogP contribution < -0.4 is 0 Å². The predicted octanol–water partition coefficient (Wildman–Crippen LogP) is 8.23. The minimum Gasteiger partial charge on any atom is -0.462 e. The number of ketones is 1. The van der Waals surface area contributed by atoms with Gasteiger partial charge in [-0.25, -0.2) is 8.78 Å². The van der Waals surface area contributed by atoms with Crippen molar-refractivity contribution in [2.24, 2.45) is 50.7 Å². The molecule has 4 saturated carbocycles. The second kappa shape index (κ2) is 11.6. The van der Waals surface area contributed by atoms with Crippen LogP contribution in [0.3, 0.4) is 0 Å². The Balaban J connectivity index is 1.22. The van der Waals surface area contributed by atoms with Crippen molar-refractivity contribution >= 4 is 17.7 Å². The molecule has 0 N–H and O–H groups in total. The van der Waals surface area contributed by atoms with Crippen molar-refractivity contribution in [3.8, 4) is 0 Å². The van der Waals surface area contributed by atoms with Crippen LogP contribution in [0.15, 0.2) is 11.1 Å². The highest BCUT2D eigenvalue weighted by molar-refractivity contribution is 6.07. The average Bonchev–Trinajstić information content (AvgIpc) is 3.69. The summed E-state index contributed by atoms with van der Waals surface area (Å²) in [6.45, 7) is 19.3. The summed E-state index contributed by atoms with van der Waals surface area (Å²) >= 11 is 0. The molecule has 2 saturated heterocycles. The van der Waals surface area contributed by atoms with Gasteiger partial charge in [0.2, 0.25) is 5.91 Å². The van der Waals surface area contributed by atoms with Crippen molar-refractivity contribution < 1.29 is 27.9 Å². The molecular weight excluding hydrogens is 622 g/mol. The molecule has 0 unspecified atom stereocenters. The van der Waals surface area contributed by atoms with Crippen LogP contribution in [0, 0.1) is 50.7 Å². The first-order chi connectivity index (χ1) is 22.8. The number of Topliss-reactive ketones (excluding diaryl/α,β-unsaturated/α-hetero) is 1. The number of esters is 1. The van der Waals surface area contributed by atoms with Gasteiger partial charge in [0.05, 0.1) is 12.0 Å². The number of rotatable bonds is 5. The first-order valence-corrected chi connectivity index (χ1v) is 19.7. The van der Waals surface area contributed by atoms with Gasteiger partial charge in [-0.2, -0.15) is 0 Å². The van der Waals surface area contributed by atoms with Crippen molar-refractivity contribution in [1.82, 2.24) is 9.80 Å². The first-order valence-electron chi connectivity index (χ1n) is 19.7. The Kier molecular flexibility index (Phi) is 8.41. The number of nitrogens with zero attached hydrogens (tertiary/aromatic N) is 2. The third kappa shape index (κ3) is 5.08. The summed E-state index contributed by atoms with van der Waals surface area (Å²) in [5.74, 6) is -1.36. The monoisotopic (exact) mass is 684 g/mol. The van der Waals surface area contributed by atoms with Gasteiger partial charge in [-0.1, -0.05) is 48.5 Å². The third-order valence-electron chi connectivity index (χ3n) is 16.4. The van der Waals surface area contributed by atoms with Gasteiger partial charge >= 0.3 is 5.97 Å². The van der Waals surface area contributed by atoms with Crippen LogP contribution in [0.25, 0.3) is 0 Å². The van der Waals surface area contributed by atoms with Crippen LogP contribution in [-0.4, -0.2) is 71.7 Å². The highest BCUT2D eigenvalue weighted by Gasteiger charge is 2.71. The molecule has 0 radical (unpaired) electrons. The molecule has 274 valence electrons. The fourth-order valence-electron chi connectivity index (χ4n) is 14.1. The van der Waals surface area contributed by atoms with Gasteiger partial charge in [-0.3, -0.25) is 19.3 Å². The first kappa shape index (κ1) is 35.6. The van der Waals surface area contributed by atoms with E-state index >= 15 is 4.79 Å². The summed E-state index contributed by atoms with van der Waals surface area (Å²) in [4.78, 5) is 45.2. The van der Waals surface area contributed by atoms with Gasteiger partial charge in [0.15, 0.2) is 5.78 Å². The molecule has 49 heavy (non-hydrogen) atoms. The van der Waals surface area contributed by atoms with Gasteiger partial charge < -0.3 is 9.64 Å². The molecule has 0 spiro atoms. The molecule has 7 rings (SSSR count). The van der Waals surface area contributed by atoms with E-state index in [0.29, 0.717) is 37.9 Å². The van der Waals surface area contributed by atoms with Gasteiger partial charge in [0.1, 0.15) is 6.10 Å². The lowest BCUT2D eigenvalue weighted by Gasteiger charge is -2.72. The average molecular weight is 685 g/mol. The Morgan fingerprint density at radius 3 is 2.27 bits per heavy atom. The van der Waals surface area contributed by atoms with E-state index in [0.717, 1.165) is 63.4 Å². The highest BCUT2D eigenvalue weighted by Crippen LogP contribution is 2.77. The summed E-state index contributed by atoms with van der Waals surface area (Å²) in [6, 6.07) is -0.0718. The van der Waals surface area contributed by atoms with E-state index in [1.165, 1.54) is 12.5 Å². The molecule has 0 aromatic rings. The van der Waals surface area contributed by atoms with Gasteiger partial charge in [0.25, 0.3) is 5.92 Å². The molecule has 1 amide bonds. The molecule has 6 fully saturated rings. The number of ether oxygens (including phenoxy) is 1. The van der Waals surface area contributed by atoms with Crippen LogP contribution >= 0.6 is 0 Å². The Bertz CT molecular complexity index is 1440. The van der Waals surface area contributed by atoms with Crippen molar-refractivity contribution in [2.75, 3.05) is 26.2 Å². The molecule has 7 aliphatic rings. The van der Waals surface area contributed by atoms with Crippen molar-refractivity contribution in [3.63, 3.8) is 0 Å². The van der Waals surface area contributed by atoms with Crippen LogP contribution in [0.4, 0.5) is 8.78 Å². The largest absolute Gasteiger partial charge is 0.462 e. The Hall–Kier alpha value is -1.83. The predicted molar refractivity (Wildman–Crippen MR) is 186 cm³/mol. The maximum absolute atomic E-state index is 15.1. The van der Waals surface area contributed by atoms with E-state index in [9.17, 15) is 18.4 Å². The van der Waals surface area contributed by atoms with Gasteiger partial charge in [-0.05, 0) is 115 Å². The molecule has 5 aliphatic carbocycles. The highest BCUT2D eigenvalue weighted by atomic mass is 19.3. The number of hydrogen-bond acceptors (Lipinski definition) is 5. The number of carbonyl (C=O) groups excluding carboxylic acids is 3. The zero-order valence-corrected chi connectivity index (χ0v) is 31.6. The molecule has 2 aliphatic heterocycles. The Labute approximate surface area is 293 Å². The van der Waals surface area contributed by atoms with E-state index in [-0.39, 0.29) is 82.7 Å². The maximum Gasteiger partial charge on any atom is 0.302 e. The Morgan fingerprint density at radius 1 is 0.878 bits per heavy atom. The number of halogens is 2. The molecule has 0 aromatic carbocycles. The lowest BCUT2D eigenvalue weighted by Crippen LogP contribution is -2.66. The number of allylic oxidation sites excluding steroid dienone is 1. The van der Waals surface area contributed by atoms with Crippen LogP contribution in [0.1, 0.15) is 132 Å². The van der Waals surface area contributed by atoms with Crippen molar-refractivity contribution in [3.05, 3.63) is 11.1 Å². The van der Waals surface area contributed by atoms with Gasteiger partial charge in [0, 0.05) is 50.9 Å². The van der Waals surface area contributed by atoms with E-state index in [4.69, 9.17) is 4.74 Å². The quantitative estimate of drug-likeness (QED) is 0.273. The molecule has 0 aromatic heterocycles. The molecular formula is C41H62F2N2O4. The fraction of sp³-hybridized carbons (Fsp3) is 0.878. The van der Waals surface area contributed by atoms with Crippen molar-refractivity contribution in [2.45, 2.75) is 151 Å². The molecule has 6 nitrogen and oxygen atoms in total. The summed E-state index contributed by atoms with van der Waals surface area (Å²) in [7, 11) is 0. The summed E-state index contributed by atoms with van der Waals surface area (Å²) in [5.41, 5.74) is 1.33. The number of fused-ring (bicyclic) bond motifs is 7.